The van der Waals surface area contributed by atoms with E-state index in [9.17, 15) is 4.79 Å². The fraction of sp³-hybridized carbons (Fsp3) is 0.591. The summed E-state index contributed by atoms with van der Waals surface area (Å²) in [7, 11) is 0. The van der Waals surface area contributed by atoms with Gasteiger partial charge in [0, 0.05) is 55.9 Å². The predicted molar refractivity (Wildman–Crippen MR) is 129 cm³/mol. The Bertz CT molecular complexity index is 846. The van der Waals surface area contributed by atoms with Crippen molar-refractivity contribution in [3.05, 3.63) is 41.5 Å². The van der Waals surface area contributed by atoms with Crippen LogP contribution in [-0.2, 0) is 13.1 Å². The molecule has 1 aromatic heterocycles. The van der Waals surface area contributed by atoms with Crippen molar-refractivity contribution >= 4 is 36.4 Å². The molecule has 0 bridgehead atoms. The monoisotopic (exact) mass is 468 g/mol. The standard InChI is InChI=1S/C22H32N6O.2ClH/c1-4-27(16(2)3)19-7-5-18(6-8-19)22(29)26-12-9-17(10-13-26)21-25-24-20-15-23-11-14-28(20)21;;/h5-8,16-17,23H,4,9-15H2,1-3H3;2*1H. The number of fused-ring (bicyclic) bond motifs is 1. The lowest BCUT2D eigenvalue weighted by Gasteiger charge is -2.32. The number of carbonyl (C=O) groups excluding carboxylic acids is 1. The second-order valence-corrected chi connectivity index (χ2v) is 8.30. The van der Waals surface area contributed by atoms with Crippen molar-refractivity contribution in [2.24, 2.45) is 0 Å². The first-order valence-electron chi connectivity index (χ1n) is 10.9. The molecule has 1 saturated heterocycles. The average Bonchev–Trinajstić information content (AvgIpc) is 3.18. The van der Waals surface area contributed by atoms with Crippen molar-refractivity contribution in [2.45, 2.75) is 58.7 Å². The van der Waals surface area contributed by atoms with E-state index < -0.39 is 0 Å². The average molecular weight is 469 g/mol. The number of aromatic nitrogens is 3. The molecule has 0 spiro atoms. The van der Waals surface area contributed by atoms with Crippen LogP contribution in [0.5, 0.6) is 0 Å². The van der Waals surface area contributed by atoms with E-state index in [1.807, 2.05) is 17.0 Å². The van der Waals surface area contributed by atoms with Gasteiger partial charge in [0.05, 0.1) is 6.54 Å². The Morgan fingerprint density at radius 3 is 2.42 bits per heavy atom. The smallest absolute Gasteiger partial charge is 0.253 e. The normalized spacial score (nSPS) is 16.3. The minimum atomic E-state index is 0. The van der Waals surface area contributed by atoms with E-state index in [2.05, 4.69) is 57.9 Å². The molecule has 172 valence electrons. The van der Waals surface area contributed by atoms with Crippen molar-refractivity contribution in [3.63, 3.8) is 0 Å². The van der Waals surface area contributed by atoms with Crippen molar-refractivity contribution in [3.8, 4) is 0 Å². The number of piperidine rings is 1. The highest BCUT2D eigenvalue weighted by molar-refractivity contribution is 5.94. The van der Waals surface area contributed by atoms with Gasteiger partial charge < -0.3 is 19.7 Å². The molecule has 0 atom stereocenters. The molecule has 1 fully saturated rings. The minimum Gasteiger partial charge on any atom is -0.369 e. The highest BCUT2D eigenvalue weighted by Gasteiger charge is 2.29. The molecular weight excluding hydrogens is 435 g/mol. The molecule has 0 saturated carbocycles. The van der Waals surface area contributed by atoms with E-state index in [4.69, 9.17) is 0 Å². The molecule has 9 heteroatoms. The topological polar surface area (TPSA) is 66.3 Å². The molecule has 7 nitrogen and oxygen atoms in total. The number of hydrogen-bond donors (Lipinski definition) is 1. The Morgan fingerprint density at radius 1 is 1.13 bits per heavy atom. The number of carbonyl (C=O) groups is 1. The van der Waals surface area contributed by atoms with Gasteiger partial charge in [0.25, 0.3) is 5.91 Å². The second kappa shape index (κ2) is 11.2. The van der Waals surface area contributed by atoms with E-state index >= 15 is 0 Å². The van der Waals surface area contributed by atoms with E-state index in [0.717, 1.165) is 69.3 Å². The lowest BCUT2D eigenvalue weighted by atomic mass is 9.95. The SMILES string of the molecule is CCN(c1ccc(C(=O)N2CCC(c3nnc4n3CCNC4)CC2)cc1)C(C)C.Cl.Cl. The minimum absolute atomic E-state index is 0. The maximum atomic E-state index is 13.0. The van der Waals surface area contributed by atoms with Gasteiger partial charge in [-0.1, -0.05) is 0 Å². The molecule has 0 radical (unpaired) electrons. The molecule has 2 aliphatic heterocycles. The molecule has 1 N–H and O–H groups in total. The molecule has 4 rings (SSSR count). The first-order valence-corrected chi connectivity index (χ1v) is 10.9. The van der Waals surface area contributed by atoms with Crippen LogP contribution < -0.4 is 10.2 Å². The summed E-state index contributed by atoms with van der Waals surface area (Å²) in [5.41, 5.74) is 1.95. The van der Waals surface area contributed by atoms with Crippen molar-refractivity contribution in [1.29, 1.82) is 0 Å². The van der Waals surface area contributed by atoms with Gasteiger partial charge in [0.1, 0.15) is 11.6 Å². The Kier molecular flexibility index (Phi) is 9.15. The number of hydrogen-bond acceptors (Lipinski definition) is 5. The Labute approximate surface area is 197 Å². The zero-order valence-corrected chi connectivity index (χ0v) is 20.2. The predicted octanol–water partition coefficient (Wildman–Crippen LogP) is 3.48. The van der Waals surface area contributed by atoms with Crippen LogP contribution in [0.15, 0.2) is 24.3 Å². The molecule has 2 aromatic rings. The van der Waals surface area contributed by atoms with Crippen LogP contribution in [0, 0.1) is 0 Å². The summed E-state index contributed by atoms with van der Waals surface area (Å²) in [5, 5.41) is 12.1. The van der Waals surface area contributed by atoms with Gasteiger partial charge in [-0.15, -0.1) is 35.0 Å². The van der Waals surface area contributed by atoms with Crippen LogP contribution >= 0.6 is 24.8 Å². The number of halogens is 2. The van der Waals surface area contributed by atoms with Crippen LogP contribution in [0.4, 0.5) is 5.69 Å². The van der Waals surface area contributed by atoms with Gasteiger partial charge in [-0.05, 0) is 57.9 Å². The third kappa shape index (κ3) is 5.33. The van der Waals surface area contributed by atoms with Gasteiger partial charge in [0.15, 0.2) is 0 Å². The fourth-order valence-corrected chi connectivity index (χ4v) is 4.58. The number of anilines is 1. The van der Waals surface area contributed by atoms with Crippen LogP contribution in [-0.4, -0.2) is 57.8 Å². The molecule has 3 heterocycles. The lowest BCUT2D eigenvalue weighted by molar-refractivity contribution is 0.0710. The van der Waals surface area contributed by atoms with Crippen LogP contribution in [0.25, 0.3) is 0 Å². The number of nitrogens with zero attached hydrogens (tertiary/aromatic N) is 5. The van der Waals surface area contributed by atoms with Crippen molar-refractivity contribution < 1.29 is 4.79 Å². The molecule has 0 aliphatic carbocycles. The summed E-state index contributed by atoms with van der Waals surface area (Å²) in [6, 6.07) is 8.52. The third-order valence-corrected chi connectivity index (χ3v) is 6.21. The number of nitrogens with one attached hydrogen (secondary N) is 1. The van der Waals surface area contributed by atoms with Gasteiger partial charge in [0.2, 0.25) is 0 Å². The van der Waals surface area contributed by atoms with E-state index in [0.29, 0.717) is 12.0 Å². The fourth-order valence-electron chi connectivity index (χ4n) is 4.58. The highest BCUT2D eigenvalue weighted by Crippen LogP contribution is 2.29. The van der Waals surface area contributed by atoms with Crippen molar-refractivity contribution in [2.75, 3.05) is 31.1 Å². The zero-order chi connectivity index (χ0) is 20.4. The highest BCUT2D eigenvalue weighted by atomic mass is 35.5. The summed E-state index contributed by atoms with van der Waals surface area (Å²) < 4.78 is 2.27. The largest absolute Gasteiger partial charge is 0.369 e. The third-order valence-electron chi connectivity index (χ3n) is 6.21. The van der Waals surface area contributed by atoms with Crippen LogP contribution in [0.1, 0.15) is 61.5 Å². The summed E-state index contributed by atoms with van der Waals surface area (Å²) in [6.07, 6.45) is 1.90. The molecule has 0 unspecified atom stereocenters. The Balaban J connectivity index is 0.00000171. The molecular formula is C22H34Cl2N6O. The molecule has 1 aromatic carbocycles. The van der Waals surface area contributed by atoms with Gasteiger partial charge in [-0.3, -0.25) is 4.79 Å². The summed E-state index contributed by atoms with van der Waals surface area (Å²) >= 11 is 0. The van der Waals surface area contributed by atoms with Crippen LogP contribution in [0.3, 0.4) is 0 Å². The van der Waals surface area contributed by atoms with Gasteiger partial charge in [-0.25, -0.2) is 0 Å². The molecule has 2 aliphatic rings. The first-order chi connectivity index (χ1) is 14.1. The molecule has 1 amide bonds. The van der Waals surface area contributed by atoms with E-state index in [1.165, 1.54) is 5.69 Å². The quantitative estimate of drug-likeness (QED) is 0.727. The Hall–Kier alpha value is -1.83. The van der Waals surface area contributed by atoms with E-state index in [1.54, 1.807) is 0 Å². The Morgan fingerprint density at radius 2 is 1.81 bits per heavy atom. The van der Waals surface area contributed by atoms with E-state index in [-0.39, 0.29) is 30.7 Å². The number of likely N-dealkylation sites (tertiary alicyclic amines) is 1. The second-order valence-electron chi connectivity index (χ2n) is 8.30. The summed E-state index contributed by atoms with van der Waals surface area (Å²) in [4.78, 5) is 17.3. The van der Waals surface area contributed by atoms with Gasteiger partial charge in [-0.2, -0.15) is 0 Å². The maximum absolute atomic E-state index is 13.0. The van der Waals surface area contributed by atoms with Crippen LogP contribution in [0.2, 0.25) is 0 Å². The van der Waals surface area contributed by atoms with Gasteiger partial charge >= 0.3 is 0 Å². The molecule has 31 heavy (non-hydrogen) atoms. The number of benzene rings is 1. The zero-order valence-electron chi connectivity index (χ0n) is 18.6. The first kappa shape index (κ1) is 25.4. The summed E-state index contributed by atoms with van der Waals surface area (Å²) in [5.74, 6) is 2.67. The lowest BCUT2D eigenvalue weighted by Crippen LogP contribution is -2.39. The van der Waals surface area contributed by atoms with Crippen molar-refractivity contribution in [1.82, 2.24) is 25.0 Å². The summed E-state index contributed by atoms with van der Waals surface area (Å²) in [6.45, 7) is 11.8. The number of amides is 1. The maximum Gasteiger partial charge on any atom is 0.253 e. The number of rotatable bonds is 5.